The second kappa shape index (κ2) is 3.21. The zero-order chi connectivity index (χ0) is 10.6. The van der Waals surface area contributed by atoms with Gasteiger partial charge in [-0.1, -0.05) is 0 Å². The van der Waals surface area contributed by atoms with Gasteiger partial charge in [-0.05, 0) is 51.0 Å². The van der Waals surface area contributed by atoms with Crippen molar-refractivity contribution in [1.82, 2.24) is 4.90 Å². The highest BCUT2D eigenvalue weighted by Gasteiger charge is 2.52. The summed E-state index contributed by atoms with van der Waals surface area (Å²) in [7, 11) is 2.19. The van der Waals surface area contributed by atoms with Crippen molar-refractivity contribution in [1.29, 1.82) is 0 Å². The molecule has 2 heterocycles. The van der Waals surface area contributed by atoms with Crippen LogP contribution in [-0.2, 0) is 4.79 Å². The van der Waals surface area contributed by atoms with E-state index in [-0.39, 0.29) is 5.92 Å². The number of aliphatic carboxylic acids is 1. The number of carboxylic acids is 1. The molecule has 3 rings (SSSR count). The lowest BCUT2D eigenvalue weighted by Gasteiger charge is -2.41. The lowest BCUT2D eigenvalue weighted by atomic mass is 9.77. The van der Waals surface area contributed by atoms with Crippen molar-refractivity contribution >= 4 is 5.97 Å². The van der Waals surface area contributed by atoms with E-state index in [2.05, 4.69) is 11.9 Å². The summed E-state index contributed by atoms with van der Waals surface area (Å²) in [6.45, 7) is 0. The number of rotatable bonds is 2. The summed E-state index contributed by atoms with van der Waals surface area (Å²) in [5.41, 5.74) is 0. The molecule has 1 saturated carbocycles. The first kappa shape index (κ1) is 9.64. The zero-order valence-corrected chi connectivity index (χ0v) is 9.22. The fourth-order valence-electron chi connectivity index (χ4n) is 3.90. The fourth-order valence-corrected chi connectivity index (χ4v) is 3.90. The summed E-state index contributed by atoms with van der Waals surface area (Å²) in [4.78, 5) is 13.8. The van der Waals surface area contributed by atoms with E-state index in [0.717, 1.165) is 12.3 Å². The van der Waals surface area contributed by atoms with Crippen molar-refractivity contribution in [3.63, 3.8) is 0 Å². The molecule has 2 bridgehead atoms. The second-order valence-electron chi connectivity index (χ2n) is 5.56. The molecule has 15 heavy (non-hydrogen) atoms. The Bertz CT molecular complexity index is 287. The monoisotopic (exact) mass is 209 g/mol. The molecule has 3 heteroatoms. The Balaban J connectivity index is 1.87. The average Bonchev–Trinajstić information content (AvgIpc) is 2.98. The van der Waals surface area contributed by atoms with Crippen LogP contribution in [0.25, 0.3) is 0 Å². The first-order valence-corrected chi connectivity index (χ1v) is 6.13. The van der Waals surface area contributed by atoms with E-state index >= 15 is 0 Å². The smallest absolute Gasteiger partial charge is 0.306 e. The third kappa shape index (κ3) is 1.40. The lowest BCUT2D eigenvalue weighted by Crippen LogP contribution is -2.49. The van der Waals surface area contributed by atoms with Crippen LogP contribution in [0, 0.1) is 17.8 Å². The van der Waals surface area contributed by atoms with Gasteiger partial charge in [-0.15, -0.1) is 0 Å². The van der Waals surface area contributed by atoms with Crippen molar-refractivity contribution in [2.45, 2.75) is 44.2 Å². The summed E-state index contributed by atoms with van der Waals surface area (Å²) in [5, 5.41) is 9.32. The molecule has 0 spiro atoms. The largest absolute Gasteiger partial charge is 0.481 e. The van der Waals surface area contributed by atoms with Crippen LogP contribution in [0.5, 0.6) is 0 Å². The van der Waals surface area contributed by atoms with Crippen LogP contribution in [-0.4, -0.2) is 35.1 Å². The Hall–Kier alpha value is -0.570. The van der Waals surface area contributed by atoms with Gasteiger partial charge >= 0.3 is 5.97 Å². The lowest BCUT2D eigenvalue weighted by molar-refractivity contribution is -0.147. The van der Waals surface area contributed by atoms with Crippen LogP contribution in [0.2, 0.25) is 0 Å². The molecule has 1 aliphatic carbocycles. The number of carbonyl (C=O) groups is 1. The number of hydrogen-bond acceptors (Lipinski definition) is 2. The van der Waals surface area contributed by atoms with Gasteiger partial charge in [0.2, 0.25) is 0 Å². The molecule has 0 amide bonds. The molecule has 0 radical (unpaired) electrons. The molecule has 3 fully saturated rings. The van der Waals surface area contributed by atoms with Crippen molar-refractivity contribution in [2.75, 3.05) is 7.05 Å². The Labute approximate surface area is 90.5 Å². The van der Waals surface area contributed by atoms with Crippen LogP contribution in [0.1, 0.15) is 32.1 Å². The second-order valence-corrected chi connectivity index (χ2v) is 5.56. The zero-order valence-electron chi connectivity index (χ0n) is 9.22. The molecule has 0 aromatic carbocycles. The van der Waals surface area contributed by atoms with Gasteiger partial charge < -0.3 is 10.0 Å². The number of piperidine rings is 1. The summed E-state index contributed by atoms with van der Waals surface area (Å²) in [6, 6.07) is 1.11. The molecule has 0 aromatic heterocycles. The van der Waals surface area contributed by atoms with Crippen LogP contribution in [0.3, 0.4) is 0 Å². The predicted octanol–water partition coefficient (Wildman–Crippen LogP) is 1.58. The minimum Gasteiger partial charge on any atom is -0.481 e. The van der Waals surface area contributed by atoms with E-state index in [1.54, 1.807) is 0 Å². The number of hydrogen-bond donors (Lipinski definition) is 1. The summed E-state index contributed by atoms with van der Waals surface area (Å²) in [5.74, 6) is 0.576. The molecule has 2 aliphatic heterocycles. The molecule has 3 nitrogen and oxygen atoms in total. The maximum atomic E-state index is 11.3. The standard InChI is InChI=1S/C12H19NO2/c1-13-8-4-5-10(13)11(7-2-3-7)9(6-8)12(14)15/h7-11H,2-6H2,1H3,(H,14,15). The highest BCUT2D eigenvalue weighted by atomic mass is 16.4. The average molecular weight is 209 g/mol. The molecule has 4 atom stereocenters. The first-order chi connectivity index (χ1) is 7.18. The van der Waals surface area contributed by atoms with Gasteiger partial charge in [-0.2, -0.15) is 0 Å². The summed E-state index contributed by atoms with van der Waals surface area (Å²) < 4.78 is 0. The van der Waals surface area contributed by atoms with E-state index in [1.165, 1.54) is 25.7 Å². The van der Waals surface area contributed by atoms with E-state index in [1.807, 2.05) is 0 Å². The number of carboxylic acid groups (broad SMARTS) is 1. The molecular weight excluding hydrogens is 190 g/mol. The van der Waals surface area contributed by atoms with Crippen molar-refractivity contribution in [3.05, 3.63) is 0 Å². The topological polar surface area (TPSA) is 40.5 Å². The molecule has 84 valence electrons. The van der Waals surface area contributed by atoms with Gasteiger partial charge in [0.05, 0.1) is 5.92 Å². The highest BCUT2D eigenvalue weighted by Crippen LogP contribution is 2.51. The molecule has 0 aromatic rings. The maximum Gasteiger partial charge on any atom is 0.306 e. The van der Waals surface area contributed by atoms with Gasteiger partial charge in [0.1, 0.15) is 0 Å². The Morgan fingerprint density at radius 2 is 2.00 bits per heavy atom. The Morgan fingerprint density at radius 1 is 1.27 bits per heavy atom. The van der Waals surface area contributed by atoms with E-state index < -0.39 is 5.97 Å². The predicted molar refractivity (Wildman–Crippen MR) is 56.5 cm³/mol. The molecule has 1 N–H and O–H groups in total. The molecule has 2 saturated heterocycles. The van der Waals surface area contributed by atoms with Gasteiger partial charge in [0.25, 0.3) is 0 Å². The quantitative estimate of drug-likeness (QED) is 0.750. The van der Waals surface area contributed by atoms with E-state index in [0.29, 0.717) is 18.0 Å². The Kier molecular flexibility index (Phi) is 2.06. The molecule has 4 unspecified atom stereocenters. The third-order valence-electron chi connectivity index (χ3n) is 4.81. The SMILES string of the molecule is CN1C2CCC1C(C1CC1)C(C(=O)O)C2. The van der Waals surface area contributed by atoms with Crippen LogP contribution < -0.4 is 0 Å². The third-order valence-corrected chi connectivity index (χ3v) is 4.81. The van der Waals surface area contributed by atoms with E-state index in [4.69, 9.17) is 0 Å². The normalized spacial score (nSPS) is 45.7. The van der Waals surface area contributed by atoms with Gasteiger partial charge in [-0.25, -0.2) is 0 Å². The Morgan fingerprint density at radius 3 is 2.60 bits per heavy atom. The molecular formula is C12H19NO2. The van der Waals surface area contributed by atoms with Crippen LogP contribution in [0.15, 0.2) is 0 Å². The van der Waals surface area contributed by atoms with Crippen molar-refractivity contribution in [3.8, 4) is 0 Å². The number of nitrogens with zero attached hydrogens (tertiary/aromatic N) is 1. The minimum absolute atomic E-state index is 0.0498. The van der Waals surface area contributed by atoms with E-state index in [9.17, 15) is 9.90 Å². The summed E-state index contributed by atoms with van der Waals surface area (Å²) in [6.07, 6.45) is 5.87. The van der Waals surface area contributed by atoms with Crippen molar-refractivity contribution in [2.24, 2.45) is 17.8 Å². The van der Waals surface area contributed by atoms with Crippen molar-refractivity contribution < 1.29 is 9.90 Å². The highest BCUT2D eigenvalue weighted by molar-refractivity contribution is 5.71. The van der Waals surface area contributed by atoms with Crippen LogP contribution >= 0.6 is 0 Å². The van der Waals surface area contributed by atoms with Gasteiger partial charge in [0, 0.05) is 12.1 Å². The first-order valence-electron chi connectivity index (χ1n) is 6.13. The summed E-state index contributed by atoms with van der Waals surface area (Å²) >= 11 is 0. The van der Waals surface area contributed by atoms with Gasteiger partial charge in [-0.3, -0.25) is 4.79 Å². The number of fused-ring (bicyclic) bond motifs is 2. The van der Waals surface area contributed by atoms with Crippen LogP contribution in [0.4, 0.5) is 0 Å². The van der Waals surface area contributed by atoms with Gasteiger partial charge in [0.15, 0.2) is 0 Å². The minimum atomic E-state index is -0.545. The fraction of sp³-hybridized carbons (Fsp3) is 0.917. The molecule has 3 aliphatic rings. The maximum absolute atomic E-state index is 11.3.